The molecular weight excluding hydrogens is 236 g/mol. The Morgan fingerprint density at radius 1 is 1.22 bits per heavy atom. The van der Waals surface area contributed by atoms with Gasteiger partial charge in [-0.3, -0.25) is 4.79 Å². The summed E-state index contributed by atoms with van der Waals surface area (Å²) in [5.74, 6) is -1.17. The summed E-state index contributed by atoms with van der Waals surface area (Å²) in [4.78, 5) is 11.8. The van der Waals surface area contributed by atoms with Crippen LogP contribution < -0.4 is 5.32 Å². The van der Waals surface area contributed by atoms with E-state index in [1.165, 1.54) is 18.6 Å². The number of hydrogen-bond acceptors (Lipinski definition) is 1. The third-order valence-electron chi connectivity index (χ3n) is 3.44. The third kappa shape index (κ3) is 3.28. The first-order chi connectivity index (χ1) is 8.66. The minimum Gasteiger partial charge on any atom is -0.352 e. The predicted octanol–water partition coefficient (Wildman–Crippen LogP) is 3.16. The Labute approximate surface area is 105 Å². The molecule has 0 saturated heterocycles. The van der Waals surface area contributed by atoms with Crippen LogP contribution >= 0.6 is 0 Å². The monoisotopic (exact) mass is 253 g/mol. The van der Waals surface area contributed by atoms with E-state index in [-0.39, 0.29) is 18.4 Å². The normalized spacial score (nSPS) is 16.6. The zero-order valence-corrected chi connectivity index (χ0v) is 10.2. The molecule has 1 aromatic carbocycles. The van der Waals surface area contributed by atoms with Crippen molar-refractivity contribution in [3.8, 4) is 0 Å². The van der Waals surface area contributed by atoms with E-state index in [9.17, 15) is 13.6 Å². The van der Waals surface area contributed by atoms with Gasteiger partial charge >= 0.3 is 0 Å². The topological polar surface area (TPSA) is 29.1 Å². The molecule has 18 heavy (non-hydrogen) atoms. The molecule has 2 nitrogen and oxygen atoms in total. The minimum atomic E-state index is -0.612. The van der Waals surface area contributed by atoms with Crippen molar-refractivity contribution in [2.45, 2.75) is 38.6 Å². The molecule has 0 atom stereocenters. The molecule has 0 aromatic heterocycles. The second-order valence-corrected chi connectivity index (χ2v) is 4.79. The number of carbonyl (C=O) groups excluding carboxylic acids is 1. The van der Waals surface area contributed by atoms with E-state index >= 15 is 0 Å². The Bertz CT molecular complexity index is 428. The van der Waals surface area contributed by atoms with Gasteiger partial charge in [-0.2, -0.15) is 0 Å². The van der Waals surface area contributed by atoms with Crippen molar-refractivity contribution in [1.82, 2.24) is 5.32 Å². The van der Waals surface area contributed by atoms with E-state index < -0.39 is 11.6 Å². The van der Waals surface area contributed by atoms with Gasteiger partial charge in [-0.25, -0.2) is 8.78 Å². The molecule has 0 bridgehead atoms. The van der Waals surface area contributed by atoms with Crippen molar-refractivity contribution in [3.05, 3.63) is 35.4 Å². The Balaban J connectivity index is 1.88. The van der Waals surface area contributed by atoms with E-state index in [1.807, 2.05) is 0 Å². The summed E-state index contributed by atoms with van der Waals surface area (Å²) >= 11 is 0. The fourth-order valence-corrected chi connectivity index (χ4v) is 2.36. The van der Waals surface area contributed by atoms with Gasteiger partial charge in [0, 0.05) is 24.1 Å². The number of carbonyl (C=O) groups is 1. The molecule has 0 radical (unpaired) electrons. The van der Waals surface area contributed by atoms with Crippen LogP contribution in [0.3, 0.4) is 0 Å². The molecule has 1 aliphatic carbocycles. The van der Waals surface area contributed by atoms with E-state index in [0.717, 1.165) is 31.7 Å². The second kappa shape index (κ2) is 5.94. The van der Waals surface area contributed by atoms with E-state index in [1.54, 1.807) is 0 Å². The molecule has 1 amide bonds. The van der Waals surface area contributed by atoms with Crippen molar-refractivity contribution < 1.29 is 13.6 Å². The van der Waals surface area contributed by atoms with Crippen molar-refractivity contribution in [3.63, 3.8) is 0 Å². The van der Waals surface area contributed by atoms with Crippen LogP contribution in [-0.2, 0) is 11.3 Å². The van der Waals surface area contributed by atoms with Gasteiger partial charge in [0.1, 0.15) is 11.6 Å². The maximum absolute atomic E-state index is 13.4. The standard InChI is InChI=1S/C14H17F2NO/c15-12-7-6-11(13(16)8-12)9-17-14(18)10-4-2-1-3-5-10/h6-8,10H,1-5,9H2,(H,17,18). The van der Waals surface area contributed by atoms with Crippen LogP contribution in [0.2, 0.25) is 0 Å². The fourth-order valence-electron chi connectivity index (χ4n) is 2.36. The third-order valence-corrected chi connectivity index (χ3v) is 3.44. The van der Waals surface area contributed by atoms with Crippen molar-refractivity contribution in [2.24, 2.45) is 5.92 Å². The molecular formula is C14H17F2NO. The summed E-state index contributed by atoms with van der Waals surface area (Å²) < 4.78 is 26.1. The number of rotatable bonds is 3. The Hall–Kier alpha value is -1.45. The number of halogens is 2. The molecule has 0 heterocycles. The van der Waals surface area contributed by atoms with Crippen LogP contribution in [0.5, 0.6) is 0 Å². The van der Waals surface area contributed by atoms with Crippen molar-refractivity contribution in [1.29, 1.82) is 0 Å². The lowest BCUT2D eigenvalue weighted by Gasteiger charge is -2.20. The predicted molar refractivity (Wildman–Crippen MR) is 64.8 cm³/mol. The SMILES string of the molecule is O=C(NCc1ccc(F)cc1F)C1CCCCC1. The van der Waals surface area contributed by atoms with E-state index in [4.69, 9.17) is 0 Å². The quantitative estimate of drug-likeness (QED) is 0.880. The first kappa shape index (κ1) is 13.0. The van der Waals surface area contributed by atoms with Crippen LogP contribution in [0.25, 0.3) is 0 Å². The first-order valence-electron chi connectivity index (χ1n) is 6.38. The lowest BCUT2D eigenvalue weighted by molar-refractivity contribution is -0.126. The van der Waals surface area contributed by atoms with Gasteiger partial charge in [-0.05, 0) is 18.9 Å². The molecule has 0 spiro atoms. The summed E-state index contributed by atoms with van der Waals surface area (Å²) in [5.41, 5.74) is 0.320. The van der Waals surface area contributed by atoms with Gasteiger partial charge in [0.2, 0.25) is 5.91 Å². The Morgan fingerprint density at radius 3 is 2.61 bits per heavy atom. The molecule has 0 aliphatic heterocycles. The zero-order chi connectivity index (χ0) is 13.0. The number of amides is 1. The average molecular weight is 253 g/mol. The molecule has 1 aromatic rings. The van der Waals surface area contributed by atoms with Gasteiger partial charge in [-0.1, -0.05) is 25.3 Å². The van der Waals surface area contributed by atoms with Crippen LogP contribution in [0, 0.1) is 17.6 Å². The Kier molecular flexibility index (Phi) is 4.28. The molecule has 1 fully saturated rings. The molecule has 98 valence electrons. The van der Waals surface area contributed by atoms with Gasteiger partial charge < -0.3 is 5.32 Å². The highest BCUT2D eigenvalue weighted by molar-refractivity contribution is 5.78. The Morgan fingerprint density at radius 2 is 1.94 bits per heavy atom. The maximum Gasteiger partial charge on any atom is 0.223 e. The molecule has 4 heteroatoms. The summed E-state index contributed by atoms with van der Waals surface area (Å²) in [5, 5.41) is 2.73. The van der Waals surface area contributed by atoms with Gasteiger partial charge in [0.05, 0.1) is 0 Å². The summed E-state index contributed by atoms with van der Waals surface area (Å²) in [7, 11) is 0. The van der Waals surface area contributed by atoms with Gasteiger partial charge in [0.15, 0.2) is 0 Å². The summed E-state index contributed by atoms with van der Waals surface area (Å²) in [6, 6.07) is 3.40. The molecule has 0 unspecified atom stereocenters. The maximum atomic E-state index is 13.4. The minimum absolute atomic E-state index is 0.0153. The van der Waals surface area contributed by atoms with Crippen molar-refractivity contribution >= 4 is 5.91 Å². The summed E-state index contributed by atoms with van der Waals surface area (Å²) in [6.07, 6.45) is 5.19. The second-order valence-electron chi connectivity index (χ2n) is 4.79. The van der Waals surface area contributed by atoms with Crippen LogP contribution in [0.4, 0.5) is 8.78 Å². The van der Waals surface area contributed by atoms with Crippen LogP contribution in [0.15, 0.2) is 18.2 Å². The lowest BCUT2D eigenvalue weighted by atomic mass is 9.88. The zero-order valence-electron chi connectivity index (χ0n) is 10.2. The van der Waals surface area contributed by atoms with E-state index in [2.05, 4.69) is 5.32 Å². The number of benzene rings is 1. The average Bonchev–Trinajstić information content (AvgIpc) is 2.38. The molecule has 2 rings (SSSR count). The van der Waals surface area contributed by atoms with Crippen molar-refractivity contribution in [2.75, 3.05) is 0 Å². The number of hydrogen-bond donors (Lipinski definition) is 1. The van der Waals surface area contributed by atoms with Gasteiger partial charge in [-0.15, -0.1) is 0 Å². The van der Waals surface area contributed by atoms with E-state index in [0.29, 0.717) is 5.56 Å². The molecule has 1 aliphatic rings. The lowest BCUT2D eigenvalue weighted by Crippen LogP contribution is -2.31. The highest BCUT2D eigenvalue weighted by atomic mass is 19.1. The first-order valence-corrected chi connectivity index (χ1v) is 6.38. The molecule has 1 N–H and O–H groups in total. The summed E-state index contributed by atoms with van der Waals surface area (Å²) in [6.45, 7) is 0.126. The highest BCUT2D eigenvalue weighted by Gasteiger charge is 2.20. The number of nitrogens with one attached hydrogen (secondary N) is 1. The fraction of sp³-hybridized carbons (Fsp3) is 0.500. The molecule has 1 saturated carbocycles. The van der Waals surface area contributed by atoms with Gasteiger partial charge in [0.25, 0.3) is 0 Å². The van der Waals surface area contributed by atoms with Crippen LogP contribution in [-0.4, -0.2) is 5.91 Å². The smallest absolute Gasteiger partial charge is 0.223 e. The largest absolute Gasteiger partial charge is 0.352 e. The highest BCUT2D eigenvalue weighted by Crippen LogP contribution is 2.23. The van der Waals surface area contributed by atoms with Crippen LogP contribution in [0.1, 0.15) is 37.7 Å².